The smallest absolute Gasteiger partial charge is 0.0333 e. The summed E-state index contributed by atoms with van der Waals surface area (Å²) in [5.74, 6) is 1.26. The van der Waals surface area contributed by atoms with E-state index in [9.17, 15) is 0 Å². The van der Waals surface area contributed by atoms with Gasteiger partial charge in [-0.15, -0.1) is 0 Å². The van der Waals surface area contributed by atoms with Crippen LogP contribution < -0.4 is 5.73 Å². The van der Waals surface area contributed by atoms with Crippen molar-refractivity contribution in [3.8, 4) is 0 Å². The van der Waals surface area contributed by atoms with Gasteiger partial charge in [-0.2, -0.15) is 0 Å². The summed E-state index contributed by atoms with van der Waals surface area (Å²) in [6.45, 7) is 9.93. The molecule has 1 atom stereocenters. The largest absolute Gasteiger partial charge is 0.354 e. The van der Waals surface area contributed by atoms with Crippen molar-refractivity contribution in [3.63, 3.8) is 0 Å². The lowest BCUT2D eigenvalue weighted by molar-refractivity contribution is 0.503. The van der Waals surface area contributed by atoms with Crippen molar-refractivity contribution in [2.75, 3.05) is 0 Å². The highest BCUT2D eigenvalue weighted by Crippen LogP contribution is 2.19. The molecule has 15 heavy (non-hydrogen) atoms. The van der Waals surface area contributed by atoms with Crippen LogP contribution in [0.3, 0.4) is 0 Å². The summed E-state index contributed by atoms with van der Waals surface area (Å²) < 4.78 is 2.25. The van der Waals surface area contributed by atoms with E-state index in [2.05, 4.69) is 50.7 Å². The summed E-state index contributed by atoms with van der Waals surface area (Å²) in [6, 6.07) is 2.32. The summed E-state index contributed by atoms with van der Waals surface area (Å²) in [5, 5.41) is 0. The Morgan fingerprint density at radius 1 is 1.27 bits per heavy atom. The second-order valence-electron chi connectivity index (χ2n) is 5.13. The minimum Gasteiger partial charge on any atom is -0.354 e. The molecular weight excluding hydrogens is 184 g/mol. The molecule has 1 rings (SSSR count). The fraction of sp³-hybridized carbons (Fsp3) is 0.692. The molecular formula is C13H24N2. The number of rotatable bonds is 5. The van der Waals surface area contributed by atoms with Crippen molar-refractivity contribution in [2.45, 2.75) is 46.7 Å². The van der Waals surface area contributed by atoms with Crippen LogP contribution in [0.25, 0.3) is 0 Å². The SMILES string of the molecule is CC(C)CCn1ccc(C(N)C(C)C)c1. The quantitative estimate of drug-likeness (QED) is 0.791. The van der Waals surface area contributed by atoms with Crippen LogP contribution >= 0.6 is 0 Å². The van der Waals surface area contributed by atoms with Gasteiger partial charge < -0.3 is 10.3 Å². The van der Waals surface area contributed by atoms with Gasteiger partial charge in [0.25, 0.3) is 0 Å². The first-order valence-corrected chi connectivity index (χ1v) is 5.92. The second-order valence-corrected chi connectivity index (χ2v) is 5.13. The zero-order chi connectivity index (χ0) is 11.4. The van der Waals surface area contributed by atoms with Crippen LogP contribution in [0.15, 0.2) is 18.5 Å². The van der Waals surface area contributed by atoms with E-state index in [-0.39, 0.29) is 6.04 Å². The molecule has 0 aromatic carbocycles. The molecule has 0 aliphatic carbocycles. The predicted molar refractivity (Wildman–Crippen MR) is 65.7 cm³/mol. The average Bonchev–Trinajstić information content (AvgIpc) is 2.61. The number of nitrogens with zero attached hydrogens (tertiary/aromatic N) is 1. The van der Waals surface area contributed by atoms with Crippen LogP contribution in [0.1, 0.15) is 45.7 Å². The van der Waals surface area contributed by atoms with E-state index in [4.69, 9.17) is 5.73 Å². The third-order valence-electron chi connectivity index (χ3n) is 2.84. The molecule has 0 aliphatic heterocycles. The number of hydrogen-bond donors (Lipinski definition) is 1. The maximum absolute atomic E-state index is 6.09. The molecule has 2 heteroatoms. The molecule has 0 fully saturated rings. The van der Waals surface area contributed by atoms with E-state index in [1.54, 1.807) is 0 Å². The number of nitrogens with two attached hydrogens (primary N) is 1. The standard InChI is InChI=1S/C13H24N2/c1-10(2)5-7-15-8-6-12(9-15)13(14)11(3)4/h6,8-11,13H,5,7,14H2,1-4H3. The maximum atomic E-state index is 6.09. The summed E-state index contributed by atoms with van der Waals surface area (Å²) in [5.41, 5.74) is 7.35. The highest BCUT2D eigenvalue weighted by Gasteiger charge is 2.11. The molecule has 0 saturated heterocycles. The topological polar surface area (TPSA) is 30.9 Å². The molecule has 2 N–H and O–H groups in total. The predicted octanol–water partition coefficient (Wildman–Crippen LogP) is 3.19. The number of aryl methyl sites for hydroxylation is 1. The lowest BCUT2D eigenvalue weighted by atomic mass is 10.00. The Bertz CT molecular complexity index is 286. The molecule has 0 amide bonds. The monoisotopic (exact) mass is 208 g/mol. The highest BCUT2D eigenvalue weighted by atomic mass is 14.9. The minimum atomic E-state index is 0.172. The van der Waals surface area contributed by atoms with Crippen LogP contribution in [-0.2, 0) is 6.54 Å². The van der Waals surface area contributed by atoms with Gasteiger partial charge in [-0.1, -0.05) is 27.7 Å². The molecule has 0 saturated carbocycles. The van der Waals surface area contributed by atoms with Crippen molar-refractivity contribution in [1.82, 2.24) is 4.57 Å². The van der Waals surface area contributed by atoms with Crippen molar-refractivity contribution in [3.05, 3.63) is 24.0 Å². The fourth-order valence-corrected chi connectivity index (χ4v) is 1.59. The molecule has 0 radical (unpaired) electrons. The van der Waals surface area contributed by atoms with Crippen molar-refractivity contribution in [1.29, 1.82) is 0 Å². The van der Waals surface area contributed by atoms with Crippen molar-refractivity contribution < 1.29 is 0 Å². The summed E-state index contributed by atoms with van der Waals surface area (Å²) in [4.78, 5) is 0. The van der Waals surface area contributed by atoms with Crippen LogP contribution in [0.5, 0.6) is 0 Å². The third-order valence-corrected chi connectivity index (χ3v) is 2.84. The first-order valence-electron chi connectivity index (χ1n) is 5.92. The van der Waals surface area contributed by atoms with E-state index in [1.807, 2.05) is 0 Å². The lowest BCUT2D eigenvalue weighted by Gasteiger charge is -2.13. The molecule has 1 unspecified atom stereocenters. The van der Waals surface area contributed by atoms with Gasteiger partial charge in [0.2, 0.25) is 0 Å². The van der Waals surface area contributed by atoms with Crippen molar-refractivity contribution in [2.24, 2.45) is 17.6 Å². The maximum Gasteiger partial charge on any atom is 0.0333 e. The van der Waals surface area contributed by atoms with Gasteiger partial charge in [-0.3, -0.25) is 0 Å². The molecule has 0 bridgehead atoms. The van der Waals surface area contributed by atoms with Gasteiger partial charge in [-0.25, -0.2) is 0 Å². The Morgan fingerprint density at radius 2 is 1.93 bits per heavy atom. The van der Waals surface area contributed by atoms with Crippen molar-refractivity contribution >= 4 is 0 Å². The normalized spacial score (nSPS) is 13.8. The Labute approximate surface area is 93.5 Å². The number of hydrogen-bond acceptors (Lipinski definition) is 1. The van der Waals surface area contributed by atoms with Crippen LogP contribution in [0.4, 0.5) is 0 Å². The molecule has 1 aromatic rings. The zero-order valence-electron chi connectivity index (χ0n) is 10.4. The third kappa shape index (κ3) is 3.71. The van der Waals surface area contributed by atoms with Gasteiger partial charge in [-0.05, 0) is 29.9 Å². The number of aromatic nitrogens is 1. The molecule has 2 nitrogen and oxygen atoms in total. The fourth-order valence-electron chi connectivity index (χ4n) is 1.59. The van der Waals surface area contributed by atoms with E-state index in [1.165, 1.54) is 12.0 Å². The molecule has 0 spiro atoms. The van der Waals surface area contributed by atoms with Gasteiger partial charge >= 0.3 is 0 Å². The summed E-state index contributed by atoms with van der Waals surface area (Å²) in [6.07, 6.45) is 5.55. The van der Waals surface area contributed by atoms with Gasteiger partial charge in [0.05, 0.1) is 0 Å². The summed E-state index contributed by atoms with van der Waals surface area (Å²) >= 11 is 0. The first-order chi connectivity index (χ1) is 7.00. The zero-order valence-corrected chi connectivity index (χ0v) is 10.4. The van der Waals surface area contributed by atoms with E-state index < -0.39 is 0 Å². The van der Waals surface area contributed by atoms with E-state index >= 15 is 0 Å². The van der Waals surface area contributed by atoms with Gasteiger partial charge in [0.15, 0.2) is 0 Å². The molecule has 0 aliphatic rings. The molecule has 1 heterocycles. The van der Waals surface area contributed by atoms with E-state index in [0.29, 0.717) is 5.92 Å². The Morgan fingerprint density at radius 3 is 2.47 bits per heavy atom. The Hall–Kier alpha value is -0.760. The van der Waals surface area contributed by atoms with E-state index in [0.717, 1.165) is 12.5 Å². The molecule has 86 valence electrons. The first kappa shape index (κ1) is 12.3. The molecule has 1 aromatic heterocycles. The summed E-state index contributed by atoms with van der Waals surface area (Å²) in [7, 11) is 0. The van der Waals surface area contributed by atoms with Gasteiger partial charge in [0.1, 0.15) is 0 Å². The second kappa shape index (κ2) is 5.36. The van der Waals surface area contributed by atoms with Gasteiger partial charge in [0, 0.05) is 25.0 Å². The lowest BCUT2D eigenvalue weighted by Crippen LogP contribution is -2.15. The minimum absolute atomic E-state index is 0.172. The average molecular weight is 208 g/mol. The van der Waals surface area contributed by atoms with Crippen LogP contribution in [0.2, 0.25) is 0 Å². The van der Waals surface area contributed by atoms with Crippen LogP contribution in [-0.4, -0.2) is 4.57 Å². The highest BCUT2D eigenvalue weighted by molar-refractivity contribution is 5.15. The Balaban J connectivity index is 2.56. The Kier molecular flexibility index (Phi) is 4.40. The van der Waals surface area contributed by atoms with Crippen LogP contribution in [0, 0.1) is 11.8 Å².